The Balaban J connectivity index is 1.51. The van der Waals surface area contributed by atoms with Gasteiger partial charge in [-0.15, -0.1) is 0 Å². The summed E-state index contributed by atoms with van der Waals surface area (Å²) in [6.07, 6.45) is 5.90. The second-order valence-corrected chi connectivity index (χ2v) is 7.02. The van der Waals surface area contributed by atoms with Crippen LogP contribution >= 0.6 is 0 Å². The largest absolute Gasteiger partial charge is 0.493 e. The summed E-state index contributed by atoms with van der Waals surface area (Å²) >= 11 is 0. The fourth-order valence-corrected chi connectivity index (χ4v) is 3.71. The number of halogens is 2. The molecule has 1 aromatic heterocycles. The monoisotopic (exact) mass is 364 g/mol. The van der Waals surface area contributed by atoms with E-state index in [0.29, 0.717) is 43.2 Å². The minimum atomic E-state index is -2.54. The molecule has 1 unspecified atom stereocenters. The van der Waals surface area contributed by atoms with Gasteiger partial charge in [-0.05, 0) is 36.5 Å². The van der Waals surface area contributed by atoms with Gasteiger partial charge in [-0.2, -0.15) is 0 Å². The topological polar surface area (TPSA) is 45.5 Å². The normalized spacial score (nSPS) is 22.2. The lowest BCUT2D eigenvalue weighted by Gasteiger charge is -2.36. The number of aromatic nitrogens is 2. The average molecular weight is 364 g/mol. The van der Waals surface area contributed by atoms with E-state index in [1.165, 1.54) is 0 Å². The van der Waals surface area contributed by atoms with Crippen molar-refractivity contribution in [2.45, 2.75) is 44.3 Å². The van der Waals surface area contributed by atoms with Gasteiger partial charge in [-0.3, -0.25) is 0 Å². The third-order valence-electron chi connectivity index (χ3n) is 5.18. The Labute approximate surface area is 150 Å². The molecule has 1 fully saturated rings. The molecule has 0 amide bonds. The Bertz CT molecular complexity index is 737. The Morgan fingerprint density at radius 3 is 2.81 bits per heavy atom. The van der Waals surface area contributed by atoms with E-state index in [9.17, 15) is 8.78 Å². The summed E-state index contributed by atoms with van der Waals surface area (Å²) in [5, 5.41) is 0. The van der Waals surface area contributed by atoms with Crippen molar-refractivity contribution < 1.29 is 23.0 Å². The van der Waals surface area contributed by atoms with Crippen LogP contribution < -0.4 is 14.2 Å². The quantitative estimate of drug-likeness (QED) is 0.825. The molecule has 1 aromatic carbocycles. The predicted octanol–water partition coefficient (Wildman–Crippen LogP) is 3.91. The highest BCUT2D eigenvalue weighted by Crippen LogP contribution is 2.45. The SMILES string of the molecule is COc1cc(Cn2ccnc2)cc2c1OC(C1CCC(F)(F)CC1)CO2. The van der Waals surface area contributed by atoms with Gasteiger partial charge < -0.3 is 18.8 Å². The number of alkyl halides is 2. The van der Waals surface area contributed by atoms with Crippen molar-refractivity contribution in [1.82, 2.24) is 9.55 Å². The van der Waals surface area contributed by atoms with Crippen molar-refractivity contribution >= 4 is 0 Å². The van der Waals surface area contributed by atoms with Crippen LogP contribution in [0.25, 0.3) is 0 Å². The number of fused-ring (bicyclic) bond motifs is 1. The van der Waals surface area contributed by atoms with Crippen molar-refractivity contribution in [3.8, 4) is 17.2 Å². The van der Waals surface area contributed by atoms with Gasteiger partial charge in [-0.25, -0.2) is 13.8 Å². The highest BCUT2D eigenvalue weighted by Gasteiger charge is 2.40. The summed E-state index contributed by atoms with van der Waals surface area (Å²) in [5.41, 5.74) is 1.01. The molecule has 2 aromatic rings. The molecule has 0 radical (unpaired) electrons. The van der Waals surface area contributed by atoms with Gasteiger partial charge in [0, 0.05) is 31.8 Å². The molecule has 26 heavy (non-hydrogen) atoms. The molecule has 7 heteroatoms. The molecule has 2 heterocycles. The molecule has 0 N–H and O–H groups in total. The first-order valence-electron chi connectivity index (χ1n) is 8.88. The van der Waals surface area contributed by atoms with E-state index in [1.807, 2.05) is 22.9 Å². The van der Waals surface area contributed by atoms with E-state index < -0.39 is 5.92 Å². The third-order valence-corrected chi connectivity index (χ3v) is 5.18. The van der Waals surface area contributed by atoms with Crippen LogP contribution in [0.1, 0.15) is 31.2 Å². The maximum Gasteiger partial charge on any atom is 0.248 e. The molecule has 0 bridgehead atoms. The van der Waals surface area contributed by atoms with E-state index in [-0.39, 0.29) is 24.9 Å². The van der Waals surface area contributed by atoms with Crippen LogP contribution in [0.15, 0.2) is 30.9 Å². The molecule has 140 valence electrons. The summed E-state index contributed by atoms with van der Waals surface area (Å²) in [6, 6.07) is 3.85. The Hall–Kier alpha value is -2.31. The van der Waals surface area contributed by atoms with Crippen LogP contribution in [-0.4, -0.2) is 35.3 Å². The van der Waals surface area contributed by atoms with Crippen LogP contribution in [0, 0.1) is 5.92 Å². The summed E-state index contributed by atoms with van der Waals surface area (Å²) in [7, 11) is 1.59. The molecule has 0 spiro atoms. The van der Waals surface area contributed by atoms with E-state index in [4.69, 9.17) is 14.2 Å². The van der Waals surface area contributed by atoms with Gasteiger partial charge in [0.25, 0.3) is 0 Å². The van der Waals surface area contributed by atoms with Crippen LogP contribution in [0.3, 0.4) is 0 Å². The fourth-order valence-electron chi connectivity index (χ4n) is 3.71. The fraction of sp³-hybridized carbons (Fsp3) is 0.526. The molecule has 1 atom stereocenters. The van der Waals surface area contributed by atoms with Gasteiger partial charge in [0.2, 0.25) is 11.7 Å². The van der Waals surface area contributed by atoms with Crippen molar-refractivity contribution in [1.29, 1.82) is 0 Å². The maximum atomic E-state index is 13.4. The van der Waals surface area contributed by atoms with Gasteiger partial charge in [0.1, 0.15) is 12.7 Å². The molecule has 4 rings (SSSR count). The highest BCUT2D eigenvalue weighted by molar-refractivity contribution is 5.54. The molecule has 1 aliphatic heterocycles. The van der Waals surface area contributed by atoms with Crippen molar-refractivity contribution in [3.63, 3.8) is 0 Å². The van der Waals surface area contributed by atoms with Crippen LogP contribution in [0.2, 0.25) is 0 Å². The molecular weight excluding hydrogens is 342 g/mol. The van der Waals surface area contributed by atoms with Crippen LogP contribution in [0.4, 0.5) is 8.78 Å². The average Bonchev–Trinajstić information content (AvgIpc) is 3.13. The van der Waals surface area contributed by atoms with E-state index >= 15 is 0 Å². The minimum Gasteiger partial charge on any atom is -0.493 e. The first-order chi connectivity index (χ1) is 12.5. The first kappa shape index (κ1) is 17.1. The van der Waals surface area contributed by atoms with Gasteiger partial charge in [0.15, 0.2) is 11.5 Å². The number of benzene rings is 1. The zero-order valence-corrected chi connectivity index (χ0v) is 14.7. The third kappa shape index (κ3) is 3.48. The minimum absolute atomic E-state index is 0.0780. The standard InChI is InChI=1S/C19H22F2N2O3/c1-24-15-8-13(10-23-7-6-22-12-23)9-16-18(15)26-17(11-25-16)14-2-4-19(20,21)5-3-14/h6-9,12,14,17H,2-5,10-11H2,1H3. The summed E-state index contributed by atoms with van der Waals surface area (Å²) < 4.78 is 46.3. The Morgan fingerprint density at radius 1 is 1.31 bits per heavy atom. The molecular formula is C19H22F2N2O3. The lowest BCUT2D eigenvalue weighted by molar-refractivity contribution is -0.0672. The number of methoxy groups -OCH3 is 1. The molecule has 1 saturated carbocycles. The molecule has 1 aliphatic carbocycles. The maximum absolute atomic E-state index is 13.4. The number of imidazole rings is 1. The Kier molecular flexibility index (Phi) is 4.46. The van der Waals surface area contributed by atoms with Gasteiger partial charge in [0.05, 0.1) is 13.4 Å². The summed E-state index contributed by atoms with van der Waals surface area (Å²) in [6.45, 7) is 1.02. The van der Waals surface area contributed by atoms with E-state index in [0.717, 1.165) is 5.56 Å². The van der Waals surface area contributed by atoms with Crippen molar-refractivity contribution in [3.05, 3.63) is 36.4 Å². The Morgan fingerprint density at radius 2 is 2.12 bits per heavy atom. The zero-order valence-electron chi connectivity index (χ0n) is 14.7. The number of ether oxygens (including phenoxy) is 3. The number of hydrogen-bond acceptors (Lipinski definition) is 4. The van der Waals surface area contributed by atoms with Crippen molar-refractivity contribution in [2.75, 3.05) is 13.7 Å². The number of rotatable bonds is 4. The second kappa shape index (κ2) is 6.78. The van der Waals surface area contributed by atoms with E-state index in [1.54, 1.807) is 19.6 Å². The molecule has 2 aliphatic rings. The number of nitrogens with zero attached hydrogens (tertiary/aromatic N) is 2. The molecule has 0 saturated heterocycles. The van der Waals surface area contributed by atoms with Gasteiger partial charge in [-0.1, -0.05) is 0 Å². The first-order valence-corrected chi connectivity index (χ1v) is 8.88. The van der Waals surface area contributed by atoms with E-state index in [2.05, 4.69) is 4.98 Å². The summed E-state index contributed by atoms with van der Waals surface area (Å²) in [5.74, 6) is -0.655. The smallest absolute Gasteiger partial charge is 0.248 e. The van der Waals surface area contributed by atoms with Crippen molar-refractivity contribution in [2.24, 2.45) is 5.92 Å². The zero-order chi connectivity index (χ0) is 18.1. The highest BCUT2D eigenvalue weighted by atomic mass is 19.3. The lowest BCUT2D eigenvalue weighted by atomic mass is 9.83. The predicted molar refractivity (Wildman–Crippen MR) is 91.1 cm³/mol. The van der Waals surface area contributed by atoms with Crippen LogP contribution in [0.5, 0.6) is 17.2 Å². The second-order valence-electron chi connectivity index (χ2n) is 7.02. The summed E-state index contributed by atoms with van der Waals surface area (Å²) in [4.78, 5) is 4.04. The lowest BCUT2D eigenvalue weighted by Crippen LogP contribution is -2.40. The van der Waals surface area contributed by atoms with Crippen LogP contribution in [-0.2, 0) is 6.54 Å². The van der Waals surface area contributed by atoms with Gasteiger partial charge >= 0.3 is 0 Å². The number of hydrogen-bond donors (Lipinski definition) is 0. The molecule has 5 nitrogen and oxygen atoms in total.